The first-order valence-corrected chi connectivity index (χ1v) is 6.37. The zero-order valence-corrected chi connectivity index (χ0v) is 11.5. The van der Waals surface area contributed by atoms with Gasteiger partial charge < -0.3 is 5.73 Å². The van der Waals surface area contributed by atoms with Gasteiger partial charge >= 0.3 is 0 Å². The Morgan fingerprint density at radius 2 is 1.61 bits per heavy atom. The number of halogens is 4. The minimum atomic E-state index is -0.631. The fraction of sp³-hybridized carbons (Fsp3) is 0.538. The molecule has 102 valence electrons. The molecule has 0 heterocycles. The van der Waals surface area contributed by atoms with Gasteiger partial charge in [-0.15, -0.1) is 12.4 Å². The lowest BCUT2D eigenvalue weighted by Crippen LogP contribution is -2.25. The first-order valence-electron chi connectivity index (χ1n) is 5.99. The number of hydrogen-bond acceptors (Lipinski definition) is 1. The second kappa shape index (κ2) is 6.69. The van der Waals surface area contributed by atoms with Gasteiger partial charge in [0.1, 0.15) is 11.6 Å². The highest BCUT2D eigenvalue weighted by atomic mass is 35.5. The summed E-state index contributed by atoms with van der Waals surface area (Å²) in [5.74, 6) is -1.09. The monoisotopic (exact) mass is 295 g/mol. The van der Waals surface area contributed by atoms with E-state index in [9.17, 15) is 8.78 Å². The molecule has 0 aliphatic heterocycles. The average molecular weight is 296 g/mol. The molecular formula is C13H17Cl2F2N. The first kappa shape index (κ1) is 15.7. The van der Waals surface area contributed by atoms with Gasteiger partial charge in [0, 0.05) is 16.6 Å². The topological polar surface area (TPSA) is 26.0 Å². The number of benzene rings is 1. The molecular weight excluding hydrogens is 279 g/mol. The van der Waals surface area contributed by atoms with Gasteiger partial charge in [-0.05, 0) is 30.9 Å². The maximum Gasteiger partial charge on any atom is 0.132 e. The van der Waals surface area contributed by atoms with E-state index in [-0.39, 0.29) is 28.9 Å². The zero-order valence-electron chi connectivity index (χ0n) is 9.96. The summed E-state index contributed by atoms with van der Waals surface area (Å²) in [5, 5.41) is 0.0691. The van der Waals surface area contributed by atoms with Crippen molar-refractivity contribution in [2.45, 2.75) is 38.1 Å². The molecule has 2 N–H and O–H groups in total. The van der Waals surface area contributed by atoms with Crippen LogP contribution in [0.1, 0.15) is 43.7 Å². The number of hydrogen-bond donors (Lipinski definition) is 1. The Morgan fingerprint density at radius 1 is 1.11 bits per heavy atom. The summed E-state index contributed by atoms with van der Waals surface area (Å²) in [6, 6.07) is 1.69. The first-order chi connectivity index (χ1) is 8.09. The smallest absolute Gasteiger partial charge is 0.132 e. The van der Waals surface area contributed by atoms with Crippen LogP contribution in [-0.2, 0) is 0 Å². The van der Waals surface area contributed by atoms with Crippen molar-refractivity contribution in [1.29, 1.82) is 0 Å². The third kappa shape index (κ3) is 3.34. The second-order valence-corrected chi connectivity index (χ2v) is 5.14. The number of nitrogens with two attached hydrogens (primary N) is 1. The lowest BCUT2D eigenvalue weighted by atomic mass is 9.81. The van der Waals surface area contributed by atoms with E-state index in [1.165, 1.54) is 6.42 Å². The Morgan fingerprint density at radius 3 is 2.11 bits per heavy atom. The van der Waals surface area contributed by atoms with Gasteiger partial charge in [0.15, 0.2) is 0 Å². The highest BCUT2D eigenvalue weighted by Gasteiger charge is 2.26. The van der Waals surface area contributed by atoms with E-state index in [0.717, 1.165) is 37.8 Å². The summed E-state index contributed by atoms with van der Waals surface area (Å²) < 4.78 is 27.4. The van der Waals surface area contributed by atoms with Gasteiger partial charge in [-0.1, -0.05) is 30.9 Å². The molecule has 1 saturated carbocycles. The summed E-state index contributed by atoms with van der Waals surface area (Å²) in [6.07, 6.45) is 5.27. The molecule has 0 amide bonds. The van der Waals surface area contributed by atoms with E-state index < -0.39 is 17.7 Å². The summed E-state index contributed by atoms with van der Waals surface area (Å²) in [4.78, 5) is 0. The number of rotatable bonds is 2. The third-order valence-corrected chi connectivity index (χ3v) is 3.75. The normalized spacial score (nSPS) is 18.2. The van der Waals surface area contributed by atoms with Crippen molar-refractivity contribution in [3.63, 3.8) is 0 Å². The molecule has 0 aromatic heterocycles. The molecule has 2 rings (SSSR count). The molecule has 1 aromatic rings. The molecule has 0 spiro atoms. The Labute approximate surface area is 117 Å². The predicted octanol–water partition coefficient (Wildman–Crippen LogP) is 4.62. The maximum absolute atomic E-state index is 13.7. The molecule has 5 heteroatoms. The molecule has 1 aromatic carbocycles. The Hall–Kier alpha value is -0.380. The minimum absolute atomic E-state index is 0. The van der Waals surface area contributed by atoms with Gasteiger partial charge in [0.25, 0.3) is 0 Å². The van der Waals surface area contributed by atoms with E-state index in [1.54, 1.807) is 0 Å². The van der Waals surface area contributed by atoms with Crippen LogP contribution in [0.15, 0.2) is 12.1 Å². The maximum atomic E-state index is 13.7. The van der Waals surface area contributed by atoms with Crippen molar-refractivity contribution in [3.05, 3.63) is 34.4 Å². The average Bonchev–Trinajstić information content (AvgIpc) is 2.28. The van der Waals surface area contributed by atoms with Crippen LogP contribution in [0.2, 0.25) is 5.02 Å². The molecule has 0 bridgehead atoms. The fourth-order valence-electron chi connectivity index (χ4n) is 2.60. The van der Waals surface area contributed by atoms with Crippen molar-refractivity contribution in [3.8, 4) is 0 Å². The molecule has 0 saturated heterocycles. The molecule has 1 atom stereocenters. The van der Waals surface area contributed by atoms with Crippen LogP contribution in [0, 0.1) is 17.6 Å². The van der Waals surface area contributed by atoms with Crippen LogP contribution in [0.4, 0.5) is 8.78 Å². The van der Waals surface area contributed by atoms with Crippen LogP contribution in [-0.4, -0.2) is 0 Å². The van der Waals surface area contributed by atoms with Crippen molar-refractivity contribution < 1.29 is 8.78 Å². The van der Waals surface area contributed by atoms with Crippen molar-refractivity contribution in [2.75, 3.05) is 0 Å². The van der Waals surface area contributed by atoms with Crippen LogP contribution in [0.3, 0.4) is 0 Å². The molecule has 1 aliphatic carbocycles. The summed E-state index contributed by atoms with van der Waals surface area (Å²) >= 11 is 5.59. The molecule has 1 fully saturated rings. The van der Waals surface area contributed by atoms with E-state index in [4.69, 9.17) is 17.3 Å². The van der Waals surface area contributed by atoms with Gasteiger partial charge in [-0.3, -0.25) is 0 Å². The Balaban J connectivity index is 0.00000162. The molecule has 0 unspecified atom stereocenters. The minimum Gasteiger partial charge on any atom is -0.324 e. The standard InChI is InChI=1S/C13H16ClF2N.ClH/c14-9-6-10(15)12(11(16)7-9)13(17)8-4-2-1-3-5-8;/h6-8,13H,1-5,17H2;1H/t13-;/m0./s1. The van der Waals surface area contributed by atoms with Crippen LogP contribution in [0.25, 0.3) is 0 Å². The highest BCUT2D eigenvalue weighted by Crippen LogP contribution is 2.35. The van der Waals surface area contributed by atoms with Crippen molar-refractivity contribution in [1.82, 2.24) is 0 Å². The lowest BCUT2D eigenvalue weighted by molar-refractivity contribution is 0.298. The predicted molar refractivity (Wildman–Crippen MR) is 72.1 cm³/mol. The van der Waals surface area contributed by atoms with Gasteiger partial charge in [0.05, 0.1) is 0 Å². The van der Waals surface area contributed by atoms with E-state index in [2.05, 4.69) is 0 Å². The fourth-order valence-corrected chi connectivity index (χ4v) is 2.79. The van der Waals surface area contributed by atoms with E-state index in [1.807, 2.05) is 0 Å². The molecule has 18 heavy (non-hydrogen) atoms. The van der Waals surface area contributed by atoms with E-state index in [0.29, 0.717) is 0 Å². The van der Waals surface area contributed by atoms with Crippen LogP contribution in [0.5, 0.6) is 0 Å². The molecule has 0 radical (unpaired) electrons. The lowest BCUT2D eigenvalue weighted by Gasteiger charge is -2.28. The summed E-state index contributed by atoms with van der Waals surface area (Å²) in [5.41, 5.74) is 5.99. The summed E-state index contributed by atoms with van der Waals surface area (Å²) in [6.45, 7) is 0. The van der Waals surface area contributed by atoms with Crippen LogP contribution >= 0.6 is 24.0 Å². The van der Waals surface area contributed by atoms with Crippen molar-refractivity contribution >= 4 is 24.0 Å². The molecule has 1 aliphatic rings. The molecule has 1 nitrogen and oxygen atoms in total. The van der Waals surface area contributed by atoms with Gasteiger partial charge in [-0.2, -0.15) is 0 Å². The SMILES string of the molecule is Cl.N[C@H](c1c(F)cc(Cl)cc1F)C1CCCCC1. The largest absolute Gasteiger partial charge is 0.324 e. The summed E-state index contributed by atoms with van der Waals surface area (Å²) in [7, 11) is 0. The zero-order chi connectivity index (χ0) is 12.4. The van der Waals surface area contributed by atoms with Crippen LogP contribution < -0.4 is 5.73 Å². The third-order valence-electron chi connectivity index (χ3n) is 3.53. The Bertz CT molecular complexity index is 383. The quantitative estimate of drug-likeness (QED) is 0.846. The second-order valence-electron chi connectivity index (χ2n) is 4.71. The van der Waals surface area contributed by atoms with E-state index >= 15 is 0 Å². The van der Waals surface area contributed by atoms with Gasteiger partial charge in [0.2, 0.25) is 0 Å². The Kier molecular flexibility index (Phi) is 5.83. The van der Waals surface area contributed by atoms with Crippen molar-refractivity contribution in [2.24, 2.45) is 11.7 Å². The highest BCUT2D eigenvalue weighted by molar-refractivity contribution is 6.30. The van der Waals surface area contributed by atoms with Gasteiger partial charge in [-0.25, -0.2) is 8.78 Å².